The van der Waals surface area contributed by atoms with Crippen molar-refractivity contribution in [3.05, 3.63) is 82.9 Å². The van der Waals surface area contributed by atoms with E-state index in [-0.39, 0.29) is 23.8 Å². The van der Waals surface area contributed by atoms with Crippen LogP contribution >= 0.6 is 11.6 Å². The molecule has 1 amide bonds. The van der Waals surface area contributed by atoms with E-state index in [1.165, 1.54) is 0 Å². The summed E-state index contributed by atoms with van der Waals surface area (Å²) in [5, 5.41) is 7.33. The van der Waals surface area contributed by atoms with Gasteiger partial charge in [-0.15, -0.1) is 0 Å². The lowest BCUT2D eigenvalue weighted by molar-refractivity contribution is 0.0942. The smallest absolute Gasteiger partial charge is 0.273 e. The van der Waals surface area contributed by atoms with Crippen LogP contribution in [0.25, 0.3) is 11.6 Å². The van der Waals surface area contributed by atoms with E-state index in [0.29, 0.717) is 16.9 Å². The average Bonchev–Trinajstić information content (AvgIpc) is 3.41. The van der Waals surface area contributed by atoms with Crippen molar-refractivity contribution in [3.8, 4) is 11.6 Å². The van der Waals surface area contributed by atoms with Crippen LogP contribution in [0.5, 0.6) is 0 Å². The highest BCUT2D eigenvalue weighted by molar-refractivity contribution is 6.29. The fourth-order valence-electron chi connectivity index (χ4n) is 3.17. The summed E-state index contributed by atoms with van der Waals surface area (Å²) in [5.74, 6) is -2.58. The molecule has 0 saturated carbocycles. The number of amides is 1. The number of carbonyl (C=O) groups excluding carboxylic acids is 1. The minimum atomic E-state index is -0.949. The topological polar surface area (TPSA) is 98.7 Å². The maximum Gasteiger partial charge on any atom is 0.273 e. The zero-order valence-electron chi connectivity index (χ0n) is 17.0. The van der Waals surface area contributed by atoms with Gasteiger partial charge in [-0.25, -0.2) is 23.7 Å². The second-order valence-electron chi connectivity index (χ2n) is 7.28. The van der Waals surface area contributed by atoms with E-state index in [2.05, 4.69) is 25.4 Å². The Bertz CT molecular complexity index is 1290. The summed E-state index contributed by atoms with van der Waals surface area (Å²) in [4.78, 5) is 24.7. The monoisotopic (exact) mass is 458 g/mol. The van der Waals surface area contributed by atoms with Crippen LogP contribution in [0.15, 0.2) is 53.5 Å². The number of rotatable bonds is 6. The van der Waals surface area contributed by atoms with E-state index in [9.17, 15) is 13.6 Å². The lowest BCUT2D eigenvalue weighted by atomic mass is 9.80. The third-order valence-electron chi connectivity index (χ3n) is 4.97. The highest BCUT2D eigenvalue weighted by Gasteiger charge is 2.33. The summed E-state index contributed by atoms with van der Waals surface area (Å²) in [7, 11) is 1.79. The number of nitrogens with one attached hydrogen (secondary N) is 1. The molecule has 1 N–H and O–H groups in total. The van der Waals surface area contributed by atoms with Gasteiger partial charge < -0.3 is 9.73 Å². The molecule has 0 aliphatic heterocycles. The van der Waals surface area contributed by atoms with Crippen LogP contribution in [0, 0.1) is 11.6 Å². The molecule has 32 heavy (non-hydrogen) atoms. The van der Waals surface area contributed by atoms with Crippen molar-refractivity contribution in [1.82, 2.24) is 30.0 Å². The maximum absolute atomic E-state index is 13.9. The Morgan fingerprint density at radius 2 is 2.09 bits per heavy atom. The summed E-state index contributed by atoms with van der Waals surface area (Å²) < 4.78 is 33.8. The van der Waals surface area contributed by atoms with Crippen LogP contribution < -0.4 is 5.32 Å². The van der Waals surface area contributed by atoms with Crippen molar-refractivity contribution in [2.75, 3.05) is 6.54 Å². The van der Waals surface area contributed by atoms with Crippen molar-refractivity contribution >= 4 is 17.5 Å². The van der Waals surface area contributed by atoms with E-state index < -0.39 is 23.0 Å². The molecule has 164 valence electrons. The summed E-state index contributed by atoms with van der Waals surface area (Å²) in [5.41, 5.74) is 0.309. The molecule has 0 fully saturated rings. The first-order valence-corrected chi connectivity index (χ1v) is 9.81. The van der Waals surface area contributed by atoms with Gasteiger partial charge in [0.1, 0.15) is 17.2 Å². The van der Waals surface area contributed by atoms with Gasteiger partial charge in [-0.3, -0.25) is 9.48 Å². The normalized spacial score (nSPS) is 13.0. The predicted molar refractivity (Wildman–Crippen MR) is 111 cm³/mol. The van der Waals surface area contributed by atoms with E-state index >= 15 is 0 Å². The number of halogens is 3. The minimum Gasteiger partial charge on any atom is -0.442 e. The first kappa shape index (κ1) is 21.6. The molecule has 1 unspecified atom stereocenters. The lowest BCUT2D eigenvalue weighted by Gasteiger charge is -2.28. The van der Waals surface area contributed by atoms with E-state index in [1.807, 2.05) is 19.2 Å². The fraction of sp³-hybridized carbons (Fsp3) is 0.190. The largest absolute Gasteiger partial charge is 0.442 e. The van der Waals surface area contributed by atoms with Crippen molar-refractivity contribution in [1.29, 1.82) is 0 Å². The summed E-state index contributed by atoms with van der Waals surface area (Å²) in [6, 6.07) is 5.90. The first-order chi connectivity index (χ1) is 15.3. The molecular weight excluding hydrogens is 442 g/mol. The van der Waals surface area contributed by atoms with Crippen LogP contribution in [0.1, 0.15) is 28.7 Å². The van der Waals surface area contributed by atoms with Crippen molar-refractivity contribution in [3.63, 3.8) is 0 Å². The number of oxazole rings is 1. The van der Waals surface area contributed by atoms with E-state index in [4.69, 9.17) is 16.0 Å². The highest BCUT2D eigenvalue weighted by Crippen LogP contribution is 2.31. The van der Waals surface area contributed by atoms with Gasteiger partial charge in [0.05, 0.1) is 23.5 Å². The van der Waals surface area contributed by atoms with Crippen molar-refractivity contribution in [2.45, 2.75) is 12.3 Å². The van der Waals surface area contributed by atoms with Crippen LogP contribution in [0.4, 0.5) is 8.78 Å². The third kappa shape index (κ3) is 4.22. The van der Waals surface area contributed by atoms with Gasteiger partial charge in [0, 0.05) is 31.4 Å². The van der Waals surface area contributed by atoms with Gasteiger partial charge in [0.25, 0.3) is 5.91 Å². The maximum atomic E-state index is 13.9. The molecule has 4 heterocycles. The van der Waals surface area contributed by atoms with Crippen LogP contribution in [-0.2, 0) is 12.5 Å². The molecule has 0 radical (unpaired) electrons. The van der Waals surface area contributed by atoms with E-state index in [0.717, 1.165) is 18.0 Å². The number of nitrogens with zero attached hydrogens (tertiary/aromatic N) is 5. The number of hydrogen-bond donors (Lipinski definition) is 1. The molecule has 0 spiro atoms. The SMILES string of the molecule is Cn1cc(C(C)(CNC(=O)c2coc(-c3ncc(F)cc3F)n2)c2cccc(Cl)n2)cn1. The molecule has 8 nitrogen and oxygen atoms in total. The van der Waals surface area contributed by atoms with Gasteiger partial charge in [-0.05, 0) is 19.1 Å². The molecule has 4 aromatic heterocycles. The highest BCUT2D eigenvalue weighted by atomic mass is 35.5. The second kappa shape index (κ2) is 8.46. The average molecular weight is 459 g/mol. The lowest BCUT2D eigenvalue weighted by Crippen LogP contribution is -2.40. The molecule has 4 rings (SSSR count). The number of aromatic nitrogens is 5. The zero-order chi connectivity index (χ0) is 22.9. The molecule has 0 aliphatic carbocycles. The van der Waals surface area contributed by atoms with Gasteiger partial charge in [0.15, 0.2) is 17.2 Å². The molecular formula is C21H17ClF2N6O2. The molecule has 0 aromatic carbocycles. The van der Waals surface area contributed by atoms with Crippen LogP contribution in [-0.4, -0.2) is 37.2 Å². The Kier molecular flexibility index (Phi) is 5.70. The van der Waals surface area contributed by atoms with Crippen LogP contribution in [0.3, 0.4) is 0 Å². The van der Waals surface area contributed by atoms with Crippen LogP contribution in [0.2, 0.25) is 5.15 Å². The number of hydrogen-bond acceptors (Lipinski definition) is 6. The summed E-state index contributed by atoms with van der Waals surface area (Å²) in [6.07, 6.45) is 5.42. The summed E-state index contributed by atoms with van der Waals surface area (Å²) >= 11 is 6.08. The quantitative estimate of drug-likeness (QED) is 0.444. The number of pyridine rings is 2. The van der Waals surface area contributed by atoms with E-state index in [1.54, 1.807) is 30.1 Å². The molecule has 0 aliphatic rings. The number of carbonyl (C=O) groups is 1. The summed E-state index contributed by atoms with van der Waals surface area (Å²) in [6.45, 7) is 2.03. The Morgan fingerprint density at radius 1 is 1.28 bits per heavy atom. The number of aryl methyl sites for hydroxylation is 1. The standard InChI is InChI=1S/C21H17ClF2N6O2/c1-21(12-7-27-30(2)9-12,16-4-3-5-17(22)29-16)11-26-19(31)15-10-32-20(28-15)18-14(24)6-13(23)8-25-18/h3-10H,11H2,1-2H3,(H,26,31). The van der Waals surface area contributed by atoms with Gasteiger partial charge >= 0.3 is 0 Å². The first-order valence-electron chi connectivity index (χ1n) is 9.43. The third-order valence-corrected chi connectivity index (χ3v) is 5.18. The molecule has 0 bridgehead atoms. The Morgan fingerprint density at radius 3 is 2.78 bits per heavy atom. The molecule has 11 heteroatoms. The zero-order valence-corrected chi connectivity index (χ0v) is 17.8. The second-order valence-corrected chi connectivity index (χ2v) is 7.67. The Balaban J connectivity index is 1.58. The fourth-order valence-corrected chi connectivity index (χ4v) is 3.33. The van der Waals surface area contributed by atoms with Crippen molar-refractivity contribution in [2.24, 2.45) is 7.05 Å². The van der Waals surface area contributed by atoms with Gasteiger partial charge in [0.2, 0.25) is 5.89 Å². The molecule has 0 saturated heterocycles. The van der Waals surface area contributed by atoms with Crippen molar-refractivity contribution < 1.29 is 18.0 Å². The minimum absolute atomic E-state index is 0.0851. The Labute approximate surface area is 186 Å². The molecule has 4 aromatic rings. The van der Waals surface area contributed by atoms with Gasteiger partial charge in [-0.2, -0.15) is 5.10 Å². The van der Waals surface area contributed by atoms with Gasteiger partial charge in [-0.1, -0.05) is 17.7 Å². The predicted octanol–water partition coefficient (Wildman–Crippen LogP) is 3.53. The molecule has 1 atom stereocenters. The Hall–Kier alpha value is -3.66.